The Morgan fingerprint density at radius 3 is 2.41 bits per heavy atom. The molecule has 1 saturated carbocycles. The summed E-state index contributed by atoms with van der Waals surface area (Å²) in [4.78, 5) is 9.29. The van der Waals surface area contributed by atoms with Gasteiger partial charge in [0.2, 0.25) is 0 Å². The number of fused-ring (bicyclic) bond motifs is 1. The SMILES string of the molecule is Cc1ccc(-c2cc(-c3nc(C4(N)CCCC4)no3)c3c(C)noc3n2)cc1.Cl. The van der Waals surface area contributed by atoms with Gasteiger partial charge in [-0.3, -0.25) is 0 Å². The third-order valence-electron chi connectivity index (χ3n) is 5.56. The fourth-order valence-electron chi connectivity index (χ4n) is 3.90. The van der Waals surface area contributed by atoms with Crippen molar-refractivity contribution < 1.29 is 9.05 Å². The predicted octanol–water partition coefficient (Wildman–Crippen LogP) is 4.71. The van der Waals surface area contributed by atoms with Crippen LogP contribution in [0.2, 0.25) is 0 Å². The third kappa shape index (κ3) is 3.30. The van der Waals surface area contributed by atoms with E-state index in [-0.39, 0.29) is 12.4 Å². The monoisotopic (exact) mass is 411 g/mol. The lowest BCUT2D eigenvalue weighted by Gasteiger charge is -2.17. The van der Waals surface area contributed by atoms with Crippen molar-refractivity contribution in [3.63, 3.8) is 0 Å². The Morgan fingerprint density at radius 2 is 1.69 bits per heavy atom. The molecule has 0 unspecified atom stereocenters. The second kappa shape index (κ2) is 7.24. The highest BCUT2D eigenvalue weighted by Gasteiger charge is 2.36. The summed E-state index contributed by atoms with van der Waals surface area (Å²) in [5, 5.41) is 9.06. The van der Waals surface area contributed by atoms with Gasteiger partial charge in [-0.2, -0.15) is 4.98 Å². The highest BCUT2D eigenvalue weighted by Crippen LogP contribution is 2.37. The van der Waals surface area contributed by atoms with Crippen LogP contribution in [0.15, 0.2) is 39.4 Å². The van der Waals surface area contributed by atoms with Gasteiger partial charge in [-0.1, -0.05) is 53.0 Å². The van der Waals surface area contributed by atoms with Crippen LogP contribution in [-0.2, 0) is 5.54 Å². The largest absolute Gasteiger partial charge is 0.335 e. The van der Waals surface area contributed by atoms with Crippen molar-refractivity contribution in [1.82, 2.24) is 20.3 Å². The molecule has 150 valence electrons. The second-order valence-electron chi connectivity index (χ2n) is 7.66. The predicted molar refractivity (Wildman–Crippen MR) is 112 cm³/mol. The summed E-state index contributed by atoms with van der Waals surface area (Å²) in [6.07, 6.45) is 3.92. The molecule has 2 N–H and O–H groups in total. The lowest BCUT2D eigenvalue weighted by Crippen LogP contribution is -2.34. The van der Waals surface area contributed by atoms with E-state index < -0.39 is 5.54 Å². The number of nitrogens with zero attached hydrogens (tertiary/aromatic N) is 4. The summed E-state index contributed by atoms with van der Waals surface area (Å²) in [6.45, 7) is 3.93. The summed E-state index contributed by atoms with van der Waals surface area (Å²) in [5.41, 5.74) is 10.9. The minimum Gasteiger partial charge on any atom is -0.335 e. The molecule has 0 saturated heterocycles. The lowest BCUT2D eigenvalue weighted by atomic mass is 9.98. The van der Waals surface area contributed by atoms with Crippen LogP contribution < -0.4 is 5.73 Å². The van der Waals surface area contributed by atoms with Crippen LogP contribution in [0.4, 0.5) is 0 Å². The van der Waals surface area contributed by atoms with Gasteiger partial charge in [-0.15, -0.1) is 12.4 Å². The number of nitrogens with two attached hydrogens (primary N) is 1. The van der Waals surface area contributed by atoms with Crippen molar-refractivity contribution in [2.24, 2.45) is 5.73 Å². The van der Waals surface area contributed by atoms with E-state index in [0.29, 0.717) is 17.4 Å². The van der Waals surface area contributed by atoms with Gasteiger partial charge in [-0.05, 0) is 32.8 Å². The molecular weight excluding hydrogens is 390 g/mol. The molecule has 0 aliphatic heterocycles. The smallest absolute Gasteiger partial charge is 0.259 e. The topological polar surface area (TPSA) is 104 Å². The molecule has 0 bridgehead atoms. The molecule has 1 fully saturated rings. The van der Waals surface area contributed by atoms with Gasteiger partial charge >= 0.3 is 0 Å². The van der Waals surface area contributed by atoms with Gasteiger partial charge in [0.25, 0.3) is 11.6 Å². The maximum absolute atomic E-state index is 6.50. The van der Waals surface area contributed by atoms with Crippen LogP contribution in [0.1, 0.15) is 42.8 Å². The zero-order valence-corrected chi connectivity index (χ0v) is 17.1. The first kappa shape index (κ1) is 19.5. The number of hydrogen-bond acceptors (Lipinski definition) is 7. The molecule has 8 heteroatoms. The molecule has 3 aromatic heterocycles. The summed E-state index contributed by atoms with van der Waals surface area (Å²) >= 11 is 0. The minimum absolute atomic E-state index is 0. The first-order chi connectivity index (χ1) is 13.5. The fourth-order valence-corrected chi connectivity index (χ4v) is 3.90. The number of halogens is 1. The number of aryl methyl sites for hydroxylation is 2. The highest BCUT2D eigenvalue weighted by molar-refractivity contribution is 5.93. The summed E-state index contributed by atoms with van der Waals surface area (Å²) in [5.74, 6) is 0.981. The van der Waals surface area contributed by atoms with E-state index in [1.165, 1.54) is 5.56 Å². The Hall–Kier alpha value is -2.77. The van der Waals surface area contributed by atoms with Crippen molar-refractivity contribution in [2.75, 3.05) is 0 Å². The second-order valence-corrected chi connectivity index (χ2v) is 7.66. The number of pyridine rings is 1. The molecule has 1 aliphatic rings. The van der Waals surface area contributed by atoms with E-state index in [2.05, 4.69) is 39.3 Å². The molecule has 1 aliphatic carbocycles. The van der Waals surface area contributed by atoms with Gasteiger partial charge in [0, 0.05) is 5.56 Å². The number of benzene rings is 1. The summed E-state index contributed by atoms with van der Waals surface area (Å²) in [7, 11) is 0. The number of rotatable bonds is 3. The minimum atomic E-state index is -0.503. The summed E-state index contributed by atoms with van der Waals surface area (Å²) < 4.78 is 11.1. The Bertz CT molecular complexity index is 1160. The van der Waals surface area contributed by atoms with Crippen molar-refractivity contribution in [3.8, 4) is 22.7 Å². The molecule has 0 amide bonds. The lowest BCUT2D eigenvalue weighted by molar-refractivity contribution is 0.373. The zero-order valence-electron chi connectivity index (χ0n) is 16.3. The first-order valence-electron chi connectivity index (χ1n) is 9.51. The Balaban J connectivity index is 0.00000205. The molecule has 1 aromatic carbocycles. The molecule has 7 nitrogen and oxygen atoms in total. The van der Waals surface area contributed by atoms with Gasteiger partial charge < -0.3 is 14.8 Å². The van der Waals surface area contributed by atoms with Crippen molar-refractivity contribution in [3.05, 3.63) is 47.4 Å². The van der Waals surface area contributed by atoms with Crippen LogP contribution >= 0.6 is 12.4 Å². The van der Waals surface area contributed by atoms with Crippen LogP contribution in [0.5, 0.6) is 0 Å². The molecule has 5 rings (SSSR count). The highest BCUT2D eigenvalue weighted by atomic mass is 35.5. The molecule has 0 radical (unpaired) electrons. The average Bonchev–Trinajstić information content (AvgIpc) is 3.43. The molecular formula is C21H22ClN5O2. The van der Waals surface area contributed by atoms with E-state index in [9.17, 15) is 0 Å². The van der Waals surface area contributed by atoms with Gasteiger partial charge in [0.15, 0.2) is 5.82 Å². The van der Waals surface area contributed by atoms with E-state index in [4.69, 9.17) is 14.8 Å². The van der Waals surface area contributed by atoms with E-state index >= 15 is 0 Å². The summed E-state index contributed by atoms with van der Waals surface area (Å²) in [6, 6.07) is 10.1. The standard InChI is InChI=1S/C21H21N5O2.ClH/c1-12-5-7-14(8-6-12)16-11-15(17-13(2)25-28-19(17)23-16)18-24-20(26-27-18)21(22)9-3-4-10-21;/h5-8,11H,3-4,9-10,22H2,1-2H3;1H. The van der Waals surface area contributed by atoms with Crippen LogP contribution in [0.3, 0.4) is 0 Å². The maximum Gasteiger partial charge on any atom is 0.259 e. The fraction of sp³-hybridized carbons (Fsp3) is 0.333. The first-order valence-corrected chi connectivity index (χ1v) is 9.51. The van der Waals surface area contributed by atoms with Crippen molar-refractivity contribution in [2.45, 2.75) is 45.1 Å². The maximum atomic E-state index is 6.50. The number of aromatic nitrogens is 4. The Labute approximate surface area is 174 Å². The van der Waals surface area contributed by atoms with Gasteiger partial charge in [0.1, 0.15) is 0 Å². The molecule has 29 heavy (non-hydrogen) atoms. The van der Waals surface area contributed by atoms with Crippen LogP contribution in [-0.4, -0.2) is 20.3 Å². The number of hydrogen-bond donors (Lipinski definition) is 1. The Kier molecular flexibility index (Phi) is 4.88. The molecule has 0 spiro atoms. The van der Waals surface area contributed by atoms with Gasteiger partial charge in [0.05, 0.1) is 27.9 Å². The quantitative estimate of drug-likeness (QED) is 0.520. The van der Waals surface area contributed by atoms with E-state index in [1.54, 1.807) is 0 Å². The molecule has 0 atom stereocenters. The van der Waals surface area contributed by atoms with Crippen molar-refractivity contribution in [1.29, 1.82) is 0 Å². The molecule has 3 heterocycles. The van der Waals surface area contributed by atoms with Crippen LogP contribution in [0, 0.1) is 13.8 Å². The van der Waals surface area contributed by atoms with Crippen molar-refractivity contribution >= 4 is 23.5 Å². The van der Waals surface area contributed by atoms with E-state index in [0.717, 1.165) is 53.6 Å². The third-order valence-corrected chi connectivity index (χ3v) is 5.56. The molecule has 4 aromatic rings. The normalized spacial score (nSPS) is 15.6. The zero-order chi connectivity index (χ0) is 19.3. The van der Waals surface area contributed by atoms with Gasteiger partial charge in [-0.25, -0.2) is 4.98 Å². The Morgan fingerprint density at radius 1 is 0.966 bits per heavy atom. The van der Waals surface area contributed by atoms with E-state index in [1.807, 2.05) is 25.1 Å². The average molecular weight is 412 g/mol. The van der Waals surface area contributed by atoms with Crippen LogP contribution in [0.25, 0.3) is 33.8 Å².